The molecule has 0 radical (unpaired) electrons. The number of furan rings is 1. The van der Waals surface area contributed by atoms with Crippen molar-refractivity contribution in [1.29, 1.82) is 0 Å². The Balaban J connectivity index is 2.21. The second-order valence-electron chi connectivity index (χ2n) is 4.01. The molecule has 1 heterocycles. The predicted octanol–water partition coefficient (Wildman–Crippen LogP) is 3.61. The van der Waals surface area contributed by atoms with Crippen LogP contribution in [0.5, 0.6) is 0 Å². The molecule has 0 unspecified atom stereocenters. The van der Waals surface area contributed by atoms with Crippen molar-refractivity contribution in [3.8, 4) is 0 Å². The maximum absolute atomic E-state index is 11.9. The lowest BCUT2D eigenvalue weighted by Gasteiger charge is -2.08. The highest BCUT2D eigenvalue weighted by atomic mass is 35.5. The Kier molecular flexibility index (Phi) is 4.14. The van der Waals surface area contributed by atoms with Gasteiger partial charge in [-0.1, -0.05) is 23.2 Å². The summed E-state index contributed by atoms with van der Waals surface area (Å²) in [4.78, 5) is 11.9. The second kappa shape index (κ2) is 5.65. The van der Waals surface area contributed by atoms with Crippen LogP contribution in [-0.4, -0.2) is 5.91 Å². The van der Waals surface area contributed by atoms with E-state index in [4.69, 9.17) is 33.4 Å². The smallest absolute Gasteiger partial charge is 0.291 e. The Morgan fingerprint density at radius 2 is 2.05 bits per heavy atom. The zero-order valence-corrected chi connectivity index (χ0v) is 11.7. The summed E-state index contributed by atoms with van der Waals surface area (Å²) in [5, 5.41) is 3.59. The van der Waals surface area contributed by atoms with Crippen molar-refractivity contribution in [2.24, 2.45) is 5.73 Å². The van der Waals surface area contributed by atoms with Gasteiger partial charge >= 0.3 is 0 Å². The number of hydrogen-bond donors (Lipinski definition) is 2. The Morgan fingerprint density at radius 3 is 2.68 bits per heavy atom. The van der Waals surface area contributed by atoms with Crippen molar-refractivity contribution >= 4 is 34.8 Å². The summed E-state index contributed by atoms with van der Waals surface area (Å²) < 4.78 is 5.25. The molecule has 0 saturated carbocycles. The largest absolute Gasteiger partial charge is 0.455 e. The van der Waals surface area contributed by atoms with Gasteiger partial charge in [-0.2, -0.15) is 0 Å². The van der Waals surface area contributed by atoms with E-state index in [0.717, 1.165) is 5.56 Å². The van der Waals surface area contributed by atoms with Gasteiger partial charge in [-0.15, -0.1) is 0 Å². The average molecular weight is 299 g/mol. The number of amides is 1. The minimum absolute atomic E-state index is 0.174. The highest BCUT2D eigenvalue weighted by Gasteiger charge is 2.13. The molecule has 100 valence electrons. The molecule has 3 N–H and O–H groups in total. The zero-order chi connectivity index (χ0) is 14.0. The van der Waals surface area contributed by atoms with E-state index < -0.39 is 5.91 Å². The number of carbonyl (C=O) groups excluding carboxylic acids is 1. The summed E-state index contributed by atoms with van der Waals surface area (Å²) >= 11 is 12.0. The third kappa shape index (κ3) is 3.10. The first-order valence-electron chi connectivity index (χ1n) is 5.57. The molecule has 0 atom stereocenters. The number of carbonyl (C=O) groups is 1. The minimum Gasteiger partial charge on any atom is -0.455 e. The van der Waals surface area contributed by atoms with Crippen LogP contribution in [0.25, 0.3) is 0 Å². The summed E-state index contributed by atoms with van der Waals surface area (Å²) in [6.07, 6.45) is 0. The number of halogens is 2. The zero-order valence-electron chi connectivity index (χ0n) is 10.2. The highest BCUT2D eigenvalue weighted by Crippen LogP contribution is 2.29. The number of benzene rings is 1. The van der Waals surface area contributed by atoms with Gasteiger partial charge in [-0.05, 0) is 36.8 Å². The van der Waals surface area contributed by atoms with Gasteiger partial charge in [0.05, 0.1) is 17.3 Å². The van der Waals surface area contributed by atoms with Crippen LogP contribution < -0.4 is 11.1 Å². The quantitative estimate of drug-likeness (QED) is 0.909. The van der Waals surface area contributed by atoms with Crippen LogP contribution in [0.15, 0.2) is 28.7 Å². The number of rotatable bonds is 3. The standard InChI is InChI=1S/C13H12Cl2N2O2/c1-7-4-10(15)11(5-9(7)14)17-13(18)12-3-2-8(6-16)19-12/h2-5H,6,16H2,1H3,(H,17,18). The van der Waals surface area contributed by atoms with Crippen LogP contribution in [-0.2, 0) is 6.54 Å². The van der Waals surface area contributed by atoms with Crippen molar-refractivity contribution in [2.75, 3.05) is 5.32 Å². The van der Waals surface area contributed by atoms with Crippen molar-refractivity contribution in [2.45, 2.75) is 13.5 Å². The lowest BCUT2D eigenvalue weighted by Crippen LogP contribution is -2.11. The molecule has 0 aliphatic rings. The van der Waals surface area contributed by atoms with Crippen molar-refractivity contribution in [1.82, 2.24) is 0 Å². The van der Waals surface area contributed by atoms with E-state index in [1.54, 1.807) is 24.3 Å². The lowest BCUT2D eigenvalue weighted by molar-refractivity contribution is 0.0995. The number of nitrogens with one attached hydrogen (secondary N) is 1. The molecule has 0 bridgehead atoms. The van der Waals surface area contributed by atoms with E-state index in [-0.39, 0.29) is 12.3 Å². The van der Waals surface area contributed by atoms with E-state index in [9.17, 15) is 4.79 Å². The van der Waals surface area contributed by atoms with Crippen molar-refractivity contribution in [3.05, 3.63) is 51.4 Å². The molecule has 2 aromatic rings. The van der Waals surface area contributed by atoms with Gasteiger partial charge < -0.3 is 15.5 Å². The van der Waals surface area contributed by atoms with Gasteiger partial charge in [0.15, 0.2) is 5.76 Å². The highest BCUT2D eigenvalue weighted by molar-refractivity contribution is 6.36. The fourth-order valence-electron chi connectivity index (χ4n) is 1.54. The van der Waals surface area contributed by atoms with Crippen LogP contribution in [0, 0.1) is 6.92 Å². The number of hydrogen-bond acceptors (Lipinski definition) is 3. The topological polar surface area (TPSA) is 68.3 Å². The number of nitrogens with two attached hydrogens (primary N) is 1. The molecule has 19 heavy (non-hydrogen) atoms. The summed E-state index contributed by atoms with van der Waals surface area (Å²) in [6.45, 7) is 2.07. The van der Waals surface area contributed by atoms with E-state index >= 15 is 0 Å². The van der Waals surface area contributed by atoms with Crippen molar-refractivity contribution < 1.29 is 9.21 Å². The molecule has 0 aliphatic heterocycles. The summed E-state index contributed by atoms with van der Waals surface area (Å²) in [5.41, 5.74) is 6.69. The molecule has 4 nitrogen and oxygen atoms in total. The molecule has 2 rings (SSSR count). The Morgan fingerprint density at radius 1 is 1.32 bits per heavy atom. The molecule has 0 saturated heterocycles. The Bertz CT molecular complexity index is 623. The van der Waals surface area contributed by atoms with Gasteiger partial charge in [-0.3, -0.25) is 4.79 Å². The summed E-state index contributed by atoms with van der Waals surface area (Å²) in [5.74, 6) is 0.313. The average Bonchev–Trinajstić information content (AvgIpc) is 2.84. The van der Waals surface area contributed by atoms with Crippen LogP contribution in [0.2, 0.25) is 10.0 Å². The molecule has 0 aliphatic carbocycles. The summed E-state index contributed by atoms with van der Waals surface area (Å²) in [7, 11) is 0. The number of aryl methyl sites for hydroxylation is 1. The normalized spacial score (nSPS) is 10.5. The van der Waals surface area contributed by atoms with Crippen molar-refractivity contribution in [3.63, 3.8) is 0 Å². The van der Waals surface area contributed by atoms with Crippen LogP contribution in [0.3, 0.4) is 0 Å². The van der Waals surface area contributed by atoms with Gasteiger partial charge in [0.1, 0.15) is 5.76 Å². The van der Waals surface area contributed by atoms with Crippen LogP contribution in [0.1, 0.15) is 21.9 Å². The monoisotopic (exact) mass is 298 g/mol. The third-order valence-corrected chi connectivity index (χ3v) is 3.30. The van der Waals surface area contributed by atoms with Gasteiger partial charge in [-0.25, -0.2) is 0 Å². The van der Waals surface area contributed by atoms with Gasteiger partial charge in [0.25, 0.3) is 5.91 Å². The summed E-state index contributed by atoms with van der Waals surface area (Å²) in [6, 6.07) is 6.50. The first kappa shape index (κ1) is 13.9. The molecular weight excluding hydrogens is 287 g/mol. The SMILES string of the molecule is Cc1cc(Cl)c(NC(=O)c2ccc(CN)o2)cc1Cl. The van der Waals surface area contributed by atoms with Crippen LogP contribution >= 0.6 is 23.2 Å². The maximum Gasteiger partial charge on any atom is 0.291 e. The Labute approximate surface area is 120 Å². The molecule has 0 spiro atoms. The molecule has 1 amide bonds. The second-order valence-corrected chi connectivity index (χ2v) is 4.82. The van der Waals surface area contributed by atoms with E-state index in [1.165, 1.54) is 0 Å². The molecular formula is C13H12Cl2N2O2. The van der Waals surface area contributed by atoms with E-state index in [2.05, 4.69) is 5.32 Å². The molecule has 6 heteroatoms. The van der Waals surface area contributed by atoms with Crippen LogP contribution in [0.4, 0.5) is 5.69 Å². The molecule has 1 aromatic heterocycles. The lowest BCUT2D eigenvalue weighted by atomic mass is 10.2. The van der Waals surface area contributed by atoms with E-state index in [0.29, 0.717) is 21.5 Å². The first-order chi connectivity index (χ1) is 9.01. The Hall–Kier alpha value is -1.49. The maximum atomic E-state index is 11.9. The van der Waals surface area contributed by atoms with Gasteiger partial charge in [0, 0.05) is 5.02 Å². The van der Waals surface area contributed by atoms with Gasteiger partial charge in [0.2, 0.25) is 0 Å². The fourth-order valence-corrected chi connectivity index (χ4v) is 1.96. The first-order valence-corrected chi connectivity index (χ1v) is 6.32. The third-order valence-electron chi connectivity index (χ3n) is 2.58. The predicted molar refractivity (Wildman–Crippen MR) is 75.8 cm³/mol. The number of anilines is 1. The minimum atomic E-state index is -0.401. The van der Waals surface area contributed by atoms with E-state index in [1.807, 2.05) is 6.92 Å². The molecule has 1 aromatic carbocycles. The molecule has 0 fully saturated rings. The fraction of sp³-hybridized carbons (Fsp3) is 0.154.